The van der Waals surface area contributed by atoms with Gasteiger partial charge in [-0.25, -0.2) is 17.4 Å². The van der Waals surface area contributed by atoms with Crippen LogP contribution in [0.25, 0.3) is 0 Å². The summed E-state index contributed by atoms with van der Waals surface area (Å²) < 4.78 is 41.9. The number of hydrogen-bond acceptors (Lipinski definition) is 6. The fraction of sp³-hybridized carbons (Fsp3) is 0.385. The summed E-state index contributed by atoms with van der Waals surface area (Å²) in [6, 6.07) is 5.14. The Labute approximate surface area is 146 Å². The van der Waals surface area contributed by atoms with E-state index in [4.69, 9.17) is 15.2 Å². The minimum atomic E-state index is -4.15. The van der Waals surface area contributed by atoms with Crippen molar-refractivity contribution in [3.05, 3.63) is 29.8 Å². The molecule has 1 atom stereocenters. The summed E-state index contributed by atoms with van der Waals surface area (Å²) in [5.74, 6) is -1.80. The lowest BCUT2D eigenvalue weighted by Gasteiger charge is -2.18. The number of hydrogen-bond donors (Lipinski definition) is 2. The zero-order chi connectivity index (χ0) is 18.5. The highest BCUT2D eigenvalue weighted by Gasteiger charge is 2.26. The maximum Gasteiger partial charge on any atom is 0.332 e. The first-order valence-electron chi connectivity index (χ1n) is 6.60. The van der Waals surface area contributed by atoms with Crippen LogP contribution in [-0.2, 0) is 29.8 Å². The van der Waals surface area contributed by atoms with Crippen LogP contribution >= 0.6 is 10.7 Å². The zero-order valence-corrected chi connectivity index (χ0v) is 15.2. The Bertz CT molecular complexity index is 761. The molecule has 0 bridgehead atoms. The second-order valence-corrected chi connectivity index (χ2v) is 9.49. The molecule has 1 aromatic carbocycles. The molecule has 1 unspecified atom stereocenters. The average Bonchev–Trinajstić information content (AvgIpc) is 2.49. The van der Waals surface area contributed by atoms with Gasteiger partial charge in [-0.3, -0.25) is 4.79 Å². The first-order valence-corrected chi connectivity index (χ1v) is 10.0. The van der Waals surface area contributed by atoms with Gasteiger partial charge in [0.15, 0.2) is 11.1 Å². The van der Waals surface area contributed by atoms with Crippen molar-refractivity contribution >= 4 is 42.7 Å². The molecule has 0 aromatic heterocycles. The third kappa shape index (κ3) is 5.86. The molecule has 0 aliphatic carbocycles. The largest absolute Gasteiger partial charge is 0.341 e. The molecule has 0 aliphatic rings. The van der Waals surface area contributed by atoms with Crippen LogP contribution in [-0.4, -0.2) is 33.8 Å². The van der Waals surface area contributed by atoms with E-state index in [1.165, 1.54) is 32.0 Å². The van der Waals surface area contributed by atoms with E-state index >= 15 is 0 Å². The van der Waals surface area contributed by atoms with Gasteiger partial charge in [-0.1, -0.05) is 12.1 Å². The van der Waals surface area contributed by atoms with Crippen molar-refractivity contribution in [1.82, 2.24) is 5.48 Å². The van der Waals surface area contributed by atoms with Crippen molar-refractivity contribution in [3.8, 4) is 0 Å². The van der Waals surface area contributed by atoms with E-state index in [0.29, 0.717) is 0 Å². The van der Waals surface area contributed by atoms with Crippen LogP contribution in [0.1, 0.15) is 37.0 Å². The second kappa shape index (κ2) is 8.06. The fourth-order valence-corrected chi connectivity index (χ4v) is 2.91. The summed E-state index contributed by atoms with van der Waals surface area (Å²) in [6.45, 7) is 2.99. The monoisotopic (exact) mass is 397 g/mol. The first kappa shape index (κ1) is 20.6. The fourth-order valence-electron chi connectivity index (χ4n) is 1.57. The summed E-state index contributed by atoms with van der Waals surface area (Å²) in [7, 11) is 1.09. The molecule has 134 valence electrons. The summed E-state index contributed by atoms with van der Waals surface area (Å²) in [6.07, 6.45) is -0.160. The van der Waals surface area contributed by atoms with Crippen LogP contribution in [0, 0.1) is 0 Å². The zero-order valence-electron chi connectivity index (χ0n) is 12.8. The van der Waals surface area contributed by atoms with Gasteiger partial charge in [-0.05, 0) is 32.4 Å². The summed E-state index contributed by atoms with van der Waals surface area (Å²) >= 11 is -2.12. The van der Waals surface area contributed by atoms with Crippen LogP contribution in [0.4, 0.5) is 0 Å². The molecule has 1 aromatic rings. The molecule has 0 heterocycles. The number of amides is 1. The van der Waals surface area contributed by atoms with Crippen LogP contribution < -0.4 is 5.48 Å². The van der Waals surface area contributed by atoms with Crippen LogP contribution in [0.15, 0.2) is 29.2 Å². The Balaban J connectivity index is 2.68. The average molecular weight is 398 g/mol. The predicted octanol–water partition coefficient (Wildman–Crippen LogP) is 1.58. The second-order valence-electron chi connectivity index (χ2n) is 5.35. The number of benzene rings is 1. The normalized spacial score (nSPS) is 13.2. The lowest BCUT2D eigenvalue weighted by atomic mass is 10.1. The number of carbonyl (C=O) groups excluding carboxylic acids is 2. The number of rotatable bonds is 6. The van der Waals surface area contributed by atoms with Crippen molar-refractivity contribution in [3.63, 3.8) is 0 Å². The van der Waals surface area contributed by atoms with E-state index in [9.17, 15) is 22.2 Å². The summed E-state index contributed by atoms with van der Waals surface area (Å²) in [5, 5.41) is 0. The van der Waals surface area contributed by atoms with Gasteiger partial charge in [-0.15, -0.1) is 0 Å². The van der Waals surface area contributed by atoms with Crippen LogP contribution in [0.3, 0.4) is 0 Å². The Morgan fingerprint density at radius 2 is 1.92 bits per heavy atom. The molecule has 24 heavy (non-hydrogen) atoms. The molecule has 0 spiro atoms. The van der Waals surface area contributed by atoms with E-state index in [1.807, 2.05) is 5.48 Å². The van der Waals surface area contributed by atoms with Crippen molar-refractivity contribution in [2.24, 2.45) is 0 Å². The Hall–Kier alpha value is -1.49. The van der Waals surface area contributed by atoms with Gasteiger partial charge in [0, 0.05) is 17.1 Å². The Kier molecular flexibility index (Phi) is 6.90. The Morgan fingerprint density at radius 3 is 2.46 bits per heavy atom. The molecule has 1 amide bonds. The smallest absolute Gasteiger partial charge is 0.332 e. The molecule has 0 fully saturated rings. The van der Waals surface area contributed by atoms with Crippen molar-refractivity contribution in [1.29, 1.82) is 0 Å². The van der Waals surface area contributed by atoms with E-state index in [1.54, 1.807) is 0 Å². The number of halogens is 1. The van der Waals surface area contributed by atoms with E-state index in [-0.39, 0.29) is 18.4 Å². The van der Waals surface area contributed by atoms with Gasteiger partial charge in [0.05, 0.1) is 15.2 Å². The van der Waals surface area contributed by atoms with E-state index < -0.39 is 41.7 Å². The molecule has 2 N–H and O–H groups in total. The quantitative estimate of drug-likeness (QED) is 0.423. The van der Waals surface area contributed by atoms with Crippen LogP contribution in [0.5, 0.6) is 0 Å². The third-order valence-electron chi connectivity index (χ3n) is 3.06. The van der Waals surface area contributed by atoms with E-state index in [0.717, 1.165) is 6.07 Å². The van der Waals surface area contributed by atoms with Gasteiger partial charge < -0.3 is 9.39 Å². The van der Waals surface area contributed by atoms with Gasteiger partial charge in [-0.2, -0.15) is 5.48 Å². The molecule has 11 heteroatoms. The van der Waals surface area contributed by atoms with Crippen molar-refractivity contribution < 1.29 is 31.6 Å². The number of nitrogens with one attached hydrogen (secondary N) is 1. The minimum absolute atomic E-state index is 0.0530. The van der Waals surface area contributed by atoms with Crippen LogP contribution in [0.2, 0.25) is 0 Å². The highest BCUT2D eigenvalue weighted by molar-refractivity contribution is 8.13. The summed E-state index contributed by atoms with van der Waals surface area (Å²) in [5.41, 5.74) is 1.55. The van der Waals surface area contributed by atoms with Crippen molar-refractivity contribution in [2.45, 2.75) is 36.3 Å². The van der Waals surface area contributed by atoms with Gasteiger partial charge >= 0.3 is 5.97 Å². The first-order chi connectivity index (χ1) is 10.9. The molecule has 0 saturated carbocycles. The number of hydroxylamine groups is 1. The number of carbonyl (C=O) groups is 2. The molecular weight excluding hydrogens is 382 g/mol. The lowest BCUT2D eigenvalue weighted by molar-refractivity contribution is -0.149. The van der Waals surface area contributed by atoms with Gasteiger partial charge in [0.1, 0.15) is 0 Å². The minimum Gasteiger partial charge on any atom is -0.341 e. The molecule has 0 saturated heterocycles. The molecule has 1 rings (SSSR count). The van der Waals surface area contributed by atoms with Gasteiger partial charge in [0.25, 0.3) is 15.0 Å². The maximum absolute atomic E-state index is 11.9. The summed E-state index contributed by atoms with van der Waals surface area (Å²) in [4.78, 5) is 27.6. The topological polar surface area (TPSA) is 127 Å². The predicted molar refractivity (Wildman–Crippen MR) is 87.1 cm³/mol. The van der Waals surface area contributed by atoms with Crippen molar-refractivity contribution in [2.75, 3.05) is 0 Å². The molecule has 8 nitrogen and oxygen atoms in total. The van der Waals surface area contributed by atoms with E-state index in [2.05, 4.69) is 4.84 Å². The maximum atomic E-state index is 11.9. The Morgan fingerprint density at radius 1 is 1.33 bits per heavy atom. The third-order valence-corrected chi connectivity index (χ3v) is 5.59. The molecule has 0 radical (unpaired) electrons. The molecule has 0 aliphatic heterocycles. The highest BCUT2D eigenvalue weighted by Crippen LogP contribution is 2.20. The lowest BCUT2D eigenvalue weighted by Crippen LogP contribution is -2.31. The van der Waals surface area contributed by atoms with Gasteiger partial charge in [0.2, 0.25) is 0 Å². The SMILES string of the molecule is CC(C)(CCC(=O)ONC(=O)c1ccccc1S(=O)(=O)Cl)S(=O)O. The standard InChI is InChI=1S/C13H16ClNO7S2/c1-13(2,23(18)19)8-7-11(16)22-15-12(17)9-5-3-4-6-10(9)24(14,20)21/h3-6H,7-8H2,1-2H3,(H,15,17)(H,18,19). The highest BCUT2D eigenvalue weighted by atomic mass is 35.7. The molecular formula is C13H16ClNO7S2.